The average molecular weight is 438 g/mol. The van der Waals surface area contributed by atoms with Gasteiger partial charge in [0, 0.05) is 0 Å². The van der Waals surface area contributed by atoms with Gasteiger partial charge in [0.05, 0.1) is 37.5 Å². The van der Waals surface area contributed by atoms with Crippen LogP contribution < -0.4 is 19.5 Å². The number of amides is 1. The van der Waals surface area contributed by atoms with Crippen molar-refractivity contribution in [1.29, 1.82) is 0 Å². The Kier molecular flexibility index (Phi) is 6.25. The van der Waals surface area contributed by atoms with Gasteiger partial charge >= 0.3 is 6.18 Å². The van der Waals surface area contributed by atoms with E-state index in [1.807, 2.05) is 0 Å². The van der Waals surface area contributed by atoms with Gasteiger partial charge in [0.25, 0.3) is 5.91 Å². The van der Waals surface area contributed by atoms with Gasteiger partial charge in [-0.25, -0.2) is 4.99 Å². The fraction of sp³-hybridized carbons (Fsp3) is 0.200. The molecule has 1 heterocycles. The van der Waals surface area contributed by atoms with Crippen LogP contribution in [0, 0.1) is 0 Å². The van der Waals surface area contributed by atoms with E-state index >= 15 is 0 Å². The molecule has 0 unspecified atom stereocenters. The highest BCUT2D eigenvalue weighted by Crippen LogP contribution is 2.40. The number of carbonyl (C=O) groups is 1. The van der Waals surface area contributed by atoms with E-state index in [1.165, 1.54) is 39.5 Å². The quantitative estimate of drug-likeness (QED) is 0.690. The molecule has 30 heavy (non-hydrogen) atoms. The Balaban J connectivity index is 1.94. The molecule has 3 rings (SSSR count). The zero-order valence-electron chi connectivity index (χ0n) is 16.2. The molecule has 0 saturated carbocycles. The smallest absolute Gasteiger partial charge is 0.418 e. The van der Waals surface area contributed by atoms with E-state index in [4.69, 9.17) is 14.2 Å². The van der Waals surface area contributed by atoms with Crippen LogP contribution in [0.1, 0.15) is 11.1 Å². The van der Waals surface area contributed by atoms with E-state index < -0.39 is 17.6 Å². The number of ether oxygens (including phenoxy) is 3. The van der Waals surface area contributed by atoms with Gasteiger partial charge in [0.2, 0.25) is 5.75 Å². The maximum atomic E-state index is 13.2. The summed E-state index contributed by atoms with van der Waals surface area (Å²) in [5.41, 5.74) is -0.574. The normalized spacial score (nSPS) is 16.7. The van der Waals surface area contributed by atoms with Gasteiger partial charge in [-0.05, 0) is 47.7 Å². The van der Waals surface area contributed by atoms with Crippen molar-refractivity contribution in [1.82, 2.24) is 5.32 Å². The third-order valence-corrected chi connectivity index (χ3v) is 4.98. The van der Waals surface area contributed by atoms with Crippen LogP contribution in [-0.4, -0.2) is 32.4 Å². The number of nitrogens with zero attached hydrogens (tertiary/aromatic N) is 1. The average Bonchev–Trinajstić information content (AvgIpc) is 3.05. The van der Waals surface area contributed by atoms with Crippen LogP contribution in [0.3, 0.4) is 0 Å². The lowest BCUT2D eigenvalue weighted by molar-refractivity contribution is -0.137. The van der Waals surface area contributed by atoms with E-state index in [0.29, 0.717) is 22.8 Å². The molecule has 0 bridgehead atoms. The highest BCUT2D eigenvalue weighted by molar-refractivity contribution is 8.18. The molecule has 1 aliphatic rings. The van der Waals surface area contributed by atoms with E-state index in [-0.39, 0.29) is 15.8 Å². The van der Waals surface area contributed by atoms with Crippen LogP contribution in [0.25, 0.3) is 6.08 Å². The van der Waals surface area contributed by atoms with Crippen LogP contribution in [-0.2, 0) is 11.0 Å². The van der Waals surface area contributed by atoms with Crippen molar-refractivity contribution < 1.29 is 32.2 Å². The van der Waals surface area contributed by atoms with Crippen molar-refractivity contribution in [3.63, 3.8) is 0 Å². The lowest BCUT2D eigenvalue weighted by Crippen LogP contribution is -2.19. The van der Waals surface area contributed by atoms with E-state index in [1.54, 1.807) is 18.2 Å². The number of nitrogens with one attached hydrogen (secondary N) is 1. The van der Waals surface area contributed by atoms with Crippen molar-refractivity contribution >= 4 is 34.6 Å². The van der Waals surface area contributed by atoms with E-state index in [9.17, 15) is 18.0 Å². The number of rotatable bonds is 5. The molecule has 1 amide bonds. The Morgan fingerprint density at radius 2 is 1.67 bits per heavy atom. The summed E-state index contributed by atoms with van der Waals surface area (Å²) in [5, 5.41) is 2.53. The summed E-state index contributed by atoms with van der Waals surface area (Å²) >= 11 is 0.935. The predicted molar refractivity (Wildman–Crippen MR) is 108 cm³/mol. The molecule has 0 aliphatic carbocycles. The maximum Gasteiger partial charge on any atom is 0.418 e. The summed E-state index contributed by atoms with van der Waals surface area (Å²) in [6, 6.07) is 8.20. The second-order valence-corrected chi connectivity index (χ2v) is 6.99. The molecule has 0 aromatic heterocycles. The molecule has 1 N–H and O–H groups in total. The third-order valence-electron chi connectivity index (χ3n) is 4.07. The molecule has 0 radical (unpaired) electrons. The molecule has 6 nitrogen and oxygen atoms in total. The van der Waals surface area contributed by atoms with Crippen molar-refractivity contribution in [3.8, 4) is 17.2 Å². The monoisotopic (exact) mass is 438 g/mol. The lowest BCUT2D eigenvalue weighted by atomic mass is 10.1. The summed E-state index contributed by atoms with van der Waals surface area (Å²) < 4.78 is 55.3. The summed E-state index contributed by atoms with van der Waals surface area (Å²) in [4.78, 5) is 16.5. The molecule has 10 heteroatoms. The number of hydrogen-bond donors (Lipinski definition) is 1. The first kappa shape index (κ1) is 21.6. The Labute approximate surface area is 174 Å². The van der Waals surface area contributed by atoms with Crippen LogP contribution in [0.2, 0.25) is 0 Å². The van der Waals surface area contributed by atoms with Gasteiger partial charge in [-0.1, -0.05) is 12.1 Å². The van der Waals surface area contributed by atoms with Crippen molar-refractivity contribution in [2.24, 2.45) is 4.99 Å². The molecule has 0 atom stereocenters. The zero-order valence-corrected chi connectivity index (χ0v) is 17.0. The Bertz CT molecular complexity index is 1010. The number of para-hydroxylation sites is 1. The lowest BCUT2D eigenvalue weighted by Gasteiger charge is -2.12. The molecule has 0 spiro atoms. The number of methoxy groups -OCH3 is 3. The third kappa shape index (κ3) is 4.54. The van der Waals surface area contributed by atoms with E-state index in [2.05, 4.69) is 10.3 Å². The Hall–Kier alpha value is -3.14. The first-order chi connectivity index (χ1) is 14.3. The first-order valence-electron chi connectivity index (χ1n) is 8.52. The molecular weight excluding hydrogens is 421 g/mol. The van der Waals surface area contributed by atoms with Gasteiger partial charge in [-0.15, -0.1) is 0 Å². The largest absolute Gasteiger partial charge is 0.493 e. The fourth-order valence-electron chi connectivity index (χ4n) is 2.74. The number of carbonyl (C=O) groups excluding carboxylic acids is 1. The standard InChI is InChI=1S/C20H17F3N2O4S/c1-27-14-8-11(9-15(28-2)17(14)29-3)10-16-18(26)25-19(30-16)24-13-7-5-4-6-12(13)20(21,22)23/h4-10H,1-3H3,(H,24,25,26)/b16-10-. The molecule has 158 valence electrons. The minimum atomic E-state index is -4.55. The summed E-state index contributed by atoms with van der Waals surface area (Å²) in [6.45, 7) is 0. The van der Waals surface area contributed by atoms with E-state index in [0.717, 1.165) is 17.8 Å². The van der Waals surface area contributed by atoms with Gasteiger partial charge in [-0.2, -0.15) is 13.2 Å². The Morgan fingerprint density at radius 1 is 1.03 bits per heavy atom. The van der Waals surface area contributed by atoms with Crippen molar-refractivity contribution in [3.05, 3.63) is 52.4 Å². The minimum absolute atomic E-state index is 0.0513. The van der Waals surface area contributed by atoms with Crippen LogP contribution >= 0.6 is 11.8 Å². The van der Waals surface area contributed by atoms with Crippen LogP contribution in [0.15, 0.2) is 46.3 Å². The molecular formula is C20H17F3N2O4S. The minimum Gasteiger partial charge on any atom is -0.493 e. The Morgan fingerprint density at radius 3 is 2.23 bits per heavy atom. The summed E-state index contributed by atoms with van der Waals surface area (Å²) in [5.74, 6) is 0.730. The zero-order chi connectivity index (χ0) is 21.9. The number of alkyl halides is 3. The second-order valence-electron chi connectivity index (χ2n) is 5.96. The summed E-state index contributed by atoms with van der Waals surface area (Å²) in [7, 11) is 4.41. The molecule has 1 aliphatic heterocycles. The molecule has 1 fully saturated rings. The number of aliphatic imine (C=N–C) groups is 1. The maximum absolute atomic E-state index is 13.2. The highest BCUT2D eigenvalue weighted by atomic mass is 32.2. The number of hydrogen-bond acceptors (Lipinski definition) is 6. The molecule has 2 aromatic carbocycles. The van der Waals surface area contributed by atoms with Gasteiger partial charge in [0.15, 0.2) is 16.7 Å². The predicted octanol–water partition coefficient (Wildman–Crippen LogP) is 4.62. The SMILES string of the molecule is COc1cc(/C=C2\SC(=Nc3ccccc3C(F)(F)F)NC2=O)cc(OC)c1OC. The topological polar surface area (TPSA) is 69.2 Å². The second kappa shape index (κ2) is 8.70. The first-order valence-corrected chi connectivity index (χ1v) is 9.34. The number of amidine groups is 1. The van der Waals surface area contributed by atoms with Gasteiger partial charge in [0.1, 0.15) is 0 Å². The fourth-order valence-corrected chi connectivity index (χ4v) is 3.57. The van der Waals surface area contributed by atoms with Crippen molar-refractivity contribution in [2.45, 2.75) is 6.18 Å². The van der Waals surface area contributed by atoms with Gasteiger partial charge in [-0.3, -0.25) is 4.79 Å². The van der Waals surface area contributed by atoms with Crippen LogP contribution in [0.5, 0.6) is 17.2 Å². The molecule has 1 saturated heterocycles. The highest BCUT2D eigenvalue weighted by Gasteiger charge is 2.34. The molecule has 2 aromatic rings. The van der Waals surface area contributed by atoms with Gasteiger partial charge < -0.3 is 19.5 Å². The number of halogens is 3. The number of benzene rings is 2. The van der Waals surface area contributed by atoms with Crippen molar-refractivity contribution in [2.75, 3.05) is 21.3 Å². The number of thioether (sulfide) groups is 1. The summed E-state index contributed by atoms with van der Waals surface area (Å²) in [6.07, 6.45) is -2.99. The van der Waals surface area contributed by atoms with Crippen LogP contribution in [0.4, 0.5) is 18.9 Å².